The molecule has 1 N–H and O–H groups in total. The number of nitrogens with one attached hydrogen (secondary N) is 1. The van der Waals surface area contributed by atoms with E-state index in [0.29, 0.717) is 16.8 Å². The maximum atomic E-state index is 13.9. The molecule has 2 unspecified atom stereocenters. The van der Waals surface area contributed by atoms with Gasteiger partial charge in [-0.2, -0.15) is 10.2 Å². The van der Waals surface area contributed by atoms with Gasteiger partial charge in [0.25, 0.3) is 11.5 Å². The molecule has 0 radical (unpaired) electrons. The first kappa shape index (κ1) is 33.8. The van der Waals surface area contributed by atoms with E-state index in [1.165, 1.54) is 49.1 Å². The number of rotatable bonds is 7. The molecule has 3 aromatic rings. The highest BCUT2D eigenvalue weighted by molar-refractivity contribution is 6.49. The van der Waals surface area contributed by atoms with Gasteiger partial charge in [-0.15, -0.1) is 0 Å². The van der Waals surface area contributed by atoms with Crippen LogP contribution in [-0.2, 0) is 16.6 Å². The van der Waals surface area contributed by atoms with Crippen molar-refractivity contribution in [1.82, 2.24) is 14.5 Å². The van der Waals surface area contributed by atoms with Gasteiger partial charge in [0.2, 0.25) is 11.8 Å². The number of nitriles is 1. The molecule has 2 amide bonds. The summed E-state index contributed by atoms with van der Waals surface area (Å²) in [5.74, 6) is -1.87. The third-order valence-corrected chi connectivity index (χ3v) is 7.38. The van der Waals surface area contributed by atoms with Gasteiger partial charge in [-0.3, -0.25) is 19.9 Å². The van der Waals surface area contributed by atoms with Crippen LogP contribution >= 0.6 is 11.6 Å². The number of aliphatic imine (C=N–C) groups is 1. The van der Waals surface area contributed by atoms with E-state index in [-0.39, 0.29) is 39.9 Å². The minimum atomic E-state index is -0.932. The van der Waals surface area contributed by atoms with Crippen molar-refractivity contribution in [3.63, 3.8) is 0 Å². The molecule has 1 saturated heterocycles. The molecule has 3 heterocycles. The van der Waals surface area contributed by atoms with E-state index in [4.69, 9.17) is 31.5 Å². The fourth-order valence-electron chi connectivity index (χ4n) is 5.04. The minimum absolute atomic E-state index is 0.000151. The SMILES string of the molecule is COc1nc(N(C)C(=O)OC(C)(C)C)ncc1N=C(C(C)C)C1C(=N)C(=O)N(c2cc(Cl)cn(C)c2=O)C1c1ccc(C#N)cc1. The quantitative estimate of drug-likeness (QED) is 0.340. The monoisotopic (exact) mass is 646 g/mol. The first-order valence-corrected chi connectivity index (χ1v) is 14.7. The van der Waals surface area contributed by atoms with Crippen molar-refractivity contribution in [2.75, 3.05) is 24.0 Å². The maximum absolute atomic E-state index is 13.9. The molecule has 1 fully saturated rings. The highest BCUT2D eigenvalue weighted by Gasteiger charge is 2.50. The zero-order valence-corrected chi connectivity index (χ0v) is 27.6. The number of anilines is 2. The molecule has 240 valence electrons. The number of carbonyl (C=O) groups is 2. The average molecular weight is 647 g/mol. The van der Waals surface area contributed by atoms with Crippen LogP contribution in [0.1, 0.15) is 51.8 Å². The largest absolute Gasteiger partial charge is 0.479 e. The third-order valence-electron chi connectivity index (χ3n) is 7.17. The van der Waals surface area contributed by atoms with Crippen LogP contribution in [0.4, 0.5) is 22.1 Å². The van der Waals surface area contributed by atoms with Crippen molar-refractivity contribution in [1.29, 1.82) is 10.7 Å². The second kappa shape index (κ2) is 13.1. The minimum Gasteiger partial charge on any atom is -0.479 e. The summed E-state index contributed by atoms with van der Waals surface area (Å²) in [5, 5.41) is 18.7. The average Bonchev–Trinajstić information content (AvgIpc) is 3.25. The molecule has 0 bridgehead atoms. The Morgan fingerprint density at radius 2 is 1.87 bits per heavy atom. The molecular formula is C32H35ClN8O5. The molecule has 1 aromatic carbocycles. The van der Waals surface area contributed by atoms with Crippen LogP contribution in [0.5, 0.6) is 5.88 Å². The highest BCUT2D eigenvalue weighted by Crippen LogP contribution is 2.42. The van der Waals surface area contributed by atoms with Crippen LogP contribution in [0, 0.1) is 28.6 Å². The number of benzene rings is 1. The number of halogens is 1. The van der Waals surface area contributed by atoms with Crippen molar-refractivity contribution in [2.45, 2.75) is 46.3 Å². The number of methoxy groups -OCH3 is 1. The fraction of sp³-hybridized carbons (Fsp3) is 0.375. The van der Waals surface area contributed by atoms with Crippen LogP contribution in [-0.4, -0.2) is 57.7 Å². The predicted octanol–water partition coefficient (Wildman–Crippen LogP) is 5.23. The Kier molecular flexibility index (Phi) is 9.63. The van der Waals surface area contributed by atoms with Crippen LogP contribution < -0.4 is 20.1 Å². The standard InChI is InChI=1S/C32H35ClN8O5/c1-17(2)25(37-21-15-36-30(38-27(21)45-8)40(7)31(44)46-32(3,4)5)23-24(35)29(43)41(22-13-20(33)16-39(6)28(22)42)26(23)19-11-9-18(14-34)10-12-19/h9-13,15-17,23,26,35H,1-8H3. The predicted molar refractivity (Wildman–Crippen MR) is 174 cm³/mol. The van der Waals surface area contributed by atoms with Crippen molar-refractivity contribution in [2.24, 2.45) is 23.9 Å². The zero-order valence-electron chi connectivity index (χ0n) is 26.8. The molecule has 0 spiro atoms. The molecule has 14 heteroatoms. The van der Waals surface area contributed by atoms with E-state index in [9.17, 15) is 19.6 Å². The molecule has 46 heavy (non-hydrogen) atoms. The maximum Gasteiger partial charge on any atom is 0.416 e. The zero-order chi connectivity index (χ0) is 34.1. The molecule has 1 aliphatic heterocycles. The molecule has 13 nitrogen and oxygen atoms in total. The summed E-state index contributed by atoms with van der Waals surface area (Å²) in [6, 6.07) is 9.18. The molecule has 0 aliphatic carbocycles. The smallest absolute Gasteiger partial charge is 0.416 e. The van der Waals surface area contributed by atoms with Crippen LogP contribution in [0.25, 0.3) is 0 Å². The number of amides is 2. The Morgan fingerprint density at radius 1 is 1.22 bits per heavy atom. The lowest BCUT2D eigenvalue weighted by molar-refractivity contribution is -0.112. The van der Waals surface area contributed by atoms with Crippen molar-refractivity contribution in [3.05, 3.63) is 69.2 Å². The van der Waals surface area contributed by atoms with E-state index in [0.717, 1.165) is 4.90 Å². The summed E-state index contributed by atoms with van der Waals surface area (Å²) in [4.78, 5) is 55.8. The van der Waals surface area contributed by atoms with E-state index >= 15 is 0 Å². The lowest BCUT2D eigenvalue weighted by Crippen LogP contribution is -2.36. The summed E-state index contributed by atoms with van der Waals surface area (Å²) in [5.41, 5.74) is 0.1000. The second-order valence-electron chi connectivity index (χ2n) is 12.0. The molecular weight excluding hydrogens is 612 g/mol. The number of hydrogen-bond acceptors (Lipinski definition) is 10. The van der Waals surface area contributed by atoms with Gasteiger partial charge in [0.1, 0.15) is 22.7 Å². The van der Waals surface area contributed by atoms with E-state index in [2.05, 4.69) is 16.0 Å². The van der Waals surface area contributed by atoms with Gasteiger partial charge in [-0.25, -0.2) is 19.7 Å². The molecule has 1 aliphatic rings. The normalized spacial score (nSPS) is 16.9. The molecule has 2 atom stereocenters. The summed E-state index contributed by atoms with van der Waals surface area (Å²) < 4.78 is 12.2. The van der Waals surface area contributed by atoms with Crippen LogP contribution in [0.3, 0.4) is 0 Å². The molecule has 2 aromatic heterocycles. The fourth-order valence-corrected chi connectivity index (χ4v) is 5.29. The van der Waals surface area contributed by atoms with Crippen molar-refractivity contribution >= 4 is 52.3 Å². The molecule has 4 rings (SSSR count). The van der Waals surface area contributed by atoms with Gasteiger partial charge in [-0.1, -0.05) is 37.6 Å². The van der Waals surface area contributed by atoms with Gasteiger partial charge in [0.05, 0.1) is 41.9 Å². The van der Waals surface area contributed by atoms with E-state index < -0.39 is 35.1 Å². The lowest BCUT2D eigenvalue weighted by Gasteiger charge is -2.29. The first-order chi connectivity index (χ1) is 21.6. The number of carbonyl (C=O) groups excluding carboxylic acids is 2. The first-order valence-electron chi connectivity index (χ1n) is 14.3. The lowest BCUT2D eigenvalue weighted by atomic mass is 9.83. The van der Waals surface area contributed by atoms with E-state index in [1.54, 1.807) is 45.0 Å². The Morgan fingerprint density at radius 3 is 2.43 bits per heavy atom. The third kappa shape index (κ3) is 6.77. The summed E-state index contributed by atoms with van der Waals surface area (Å²) in [6.45, 7) is 8.96. The Balaban J connectivity index is 1.88. The number of nitrogens with zero attached hydrogens (tertiary/aromatic N) is 7. The number of ether oxygens (including phenoxy) is 2. The van der Waals surface area contributed by atoms with Gasteiger partial charge >= 0.3 is 6.09 Å². The number of pyridine rings is 1. The summed E-state index contributed by atoms with van der Waals surface area (Å²) in [6.07, 6.45) is 2.15. The molecule has 0 saturated carbocycles. The van der Waals surface area contributed by atoms with Gasteiger partial charge in [0.15, 0.2) is 0 Å². The van der Waals surface area contributed by atoms with Crippen LogP contribution in [0.15, 0.2) is 52.5 Å². The van der Waals surface area contributed by atoms with Crippen molar-refractivity contribution < 1.29 is 19.1 Å². The van der Waals surface area contributed by atoms with Gasteiger partial charge in [-0.05, 0) is 50.5 Å². The Labute approximate surface area is 271 Å². The second-order valence-corrected chi connectivity index (χ2v) is 12.4. The van der Waals surface area contributed by atoms with Gasteiger partial charge in [0, 0.05) is 26.0 Å². The topological polar surface area (TPSA) is 167 Å². The summed E-state index contributed by atoms with van der Waals surface area (Å²) in [7, 11) is 4.38. The number of aromatic nitrogens is 3. The highest BCUT2D eigenvalue weighted by atomic mass is 35.5. The number of aryl methyl sites for hydroxylation is 1. The Hall–Kier alpha value is -5.09. The van der Waals surface area contributed by atoms with E-state index in [1.807, 2.05) is 13.8 Å². The van der Waals surface area contributed by atoms with Crippen LogP contribution in [0.2, 0.25) is 5.02 Å². The Bertz CT molecular complexity index is 1820. The van der Waals surface area contributed by atoms with Gasteiger partial charge < -0.3 is 14.0 Å². The number of hydrogen-bond donors (Lipinski definition) is 1. The van der Waals surface area contributed by atoms with Crippen molar-refractivity contribution in [3.8, 4) is 11.9 Å². The summed E-state index contributed by atoms with van der Waals surface area (Å²) >= 11 is 6.32.